The highest BCUT2D eigenvalue weighted by atomic mass is 15.4. The number of hydrogen-bond donors (Lipinski definition) is 1. The highest BCUT2D eigenvalue weighted by Gasteiger charge is 2.01. The van der Waals surface area contributed by atoms with Gasteiger partial charge < -0.3 is 5.32 Å². The van der Waals surface area contributed by atoms with Crippen molar-refractivity contribution in [2.75, 3.05) is 5.32 Å². The lowest BCUT2D eigenvalue weighted by Gasteiger charge is -2.11. The summed E-state index contributed by atoms with van der Waals surface area (Å²) in [6.07, 6.45) is 2.67. The first-order valence-electron chi connectivity index (χ1n) is 4.73. The molecule has 0 aliphatic rings. The summed E-state index contributed by atoms with van der Waals surface area (Å²) in [5.74, 6) is 0.853. The summed E-state index contributed by atoms with van der Waals surface area (Å²) >= 11 is 0. The standard InChI is InChI=1S/C9H13N5/c1-3-7(2)11-8-4-5-9-12-10-6-14(9)13-8/h4-7H,3H2,1-2H3,(H,11,13)/t7-/m1/s1. The maximum absolute atomic E-state index is 4.30. The molecule has 2 aromatic heterocycles. The quantitative estimate of drug-likeness (QED) is 0.795. The monoisotopic (exact) mass is 191 g/mol. The number of hydrogen-bond acceptors (Lipinski definition) is 4. The number of nitrogens with one attached hydrogen (secondary N) is 1. The van der Waals surface area contributed by atoms with Crippen LogP contribution in [0.15, 0.2) is 18.5 Å². The zero-order chi connectivity index (χ0) is 9.97. The first-order chi connectivity index (χ1) is 6.79. The van der Waals surface area contributed by atoms with E-state index in [2.05, 4.69) is 34.5 Å². The fourth-order valence-electron chi connectivity index (χ4n) is 1.16. The molecule has 74 valence electrons. The van der Waals surface area contributed by atoms with Gasteiger partial charge in [-0.05, 0) is 25.5 Å². The topological polar surface area (TPSA) is 55.1 Å². The molecular weight excluding hydrogens is 178 g/mol. The molecule has 1 N–H and O–H groups in total. The van der Waals surface area contributed by atoms with E-state index >= 15 is 0 Å². The predicted octanol–water partition coefficient (Wildman–Crippen LogP) is 1.33. The summed E-state index contributed by atoms with van der Waals surface area (Å²) in [6.45, 7) is 4.26. The van der Waals surface area contributed by atoms with Crippen LogP contribution in [0.5, 0.6) is 0 Å². The Morgan fingerprint density at radius 2 is 2.36 bits per heavy atom. The molecule has 0 aliphatic carbocycles. The molecule has 0 unspecified atom stereocenters. The van der Waals surface area contributed by atoms with Gasteiger partial charge in [0.25, 0.3) is 0 Å². The summed E-state index contributed by atoms with van der Waals surface area (Å²) in [5, 5.41) is 15.2. The lowest BCUT2D eigenvalue weighted by molar-refractivity contribution is 0.751. The molecule has 5 nitrogen and oxygen atoms in total. The molecule has 5 heteroatoms. The fraction of sp³-hybridized carbons (Fsp3) is 0.444. The molecule has 0 spiro atoms. The molecule has 0 fully saturated rings. The van der Waals surface area contributed by atoms with E-state index < -0.39 is 0 Å². The van der Waals surface area contributed by atoms with Crippen molar-refractivity contribution in [3.8, 4) is 0 Å². The zero-order valence-electron chi connectivity index (χ0n) is 8.31. The second-order valence-corrected chi connectivity index (χ2v) is 3.31. The lowest BCUT2D eigenvalue weighted by Crippen LogP contribution is -2.15. The van der Waals surface area contributed by atoms with Gasteiger partial charge in [0.1, 0.15) is 12.1 Å². The van der Waals surface area contributed by atoms with Gasteiger partial charge in [0.2, 0.25) is 0 Å². The average Bonchev–Trinajstić information content (AvgIpc) is 2.64. The third-order valence-electron chi connectivity index (χ3n) is 2.17. The lowest BCUT2D eigenvalue weighted by atomic mass is 10.2. The van der Waals surface area contributed by atoms with Crippen molar-refractivity contribution < 1.29 is 0 Å². The highest BCUT2D eigenvalue weighted by molar-refractivity contribution is 5.43. The Bertz CT molecular complexity index is 422. The van der Waals surface area contributed by atoms with Crippen LogP contribution in [0.1, 0.15) is 20.3 Å². The van der Waals surface area contributed by atoms with Crippen molar-refractivity contribution >= 4 is 11.5 Å². The Hall–Kier alpha value is -1.65. The van der Waals surface area contributed by atoms with Crippen molar-refractivity contribution in [1.82, 2.24) is 19.8 Å². The van der Waals surface area contributed by atoms with Crippen LogP contribution in [0, 0.1) is 0 Å². The van der Waals surface area contributed by atoms with Gasteiger partial charge >= 0.3 is 0 Å². The van der Waals surface area contributed by atoms with Crippen LogP contribution in [0.25, 0.3) is 5.65 Å². The van der Waals surface area contributed by atoms with E-state index in [4.69, 9.17) is 0 Å². The molecule has 2 aromatic rings. The van der Waals surface area contributed by atoms with Crippen LogP contribution in [0.2, 0.25) is 0 Å². The summed E-state index contributed by atoms with van der Waals surface area (Å²) in [5.41, 5.74) is 0.764. The number of rotatable bonds is 3. The first kappa shape index (κ1) is 8.93. The molecule has 0 saturated heterocycles. The molecular formula is C9H13N5. The second-order valence-electron chi connectivity index (χ2n) is 3.31. The number of nitrogens with zero attached hydrogens (tertiary/aromatic N) is 4. The van der Waals surface area contributed by atoms with Crippen molar-refractivity contribution in [3.05, 3.63) is 18.5 Å². The number of anilines is 1. The second kappa shape index (κ2) is 3.61. The Morgan fingerprint density at radius 3 is 3.14 bits per heavy atom. The number of fused-ring (bicyclic) bond motifs is 1. The van der Waals surface area contributed by atoms with Gasteiger partial charge in [-0.25, -0.2) is 0 Å². The van der Waals surface area contributed by atoms with Gasteiger partial charge in [0, 0.05) is 6.04 Å². The SMILES string of the molecule is CC[C@@H](C)Nc1ccc2nncn2n1. The Morgan fingerprint density at radius 1 is 1.50 bits per heavy atom. The van der Waals surface area contributed by atoms with Crippen LogP contribution in [-0.2, 0) is 0 Å². The van der Waals surface area contributed by atoms with E-state index in [9.17, 15) is 0 Å². The zero-order valence-corrected chi connectivity index (χ0v) is 8.31. The minimum atomic E-state index is 0.427. The molecule has 14 heavy (non-hydrogen) atoms. The minimum absolute atomic E-state index is 0.427. The normalized spacial score (nSPS) is 13.0. The molecule has 0 amide bonds. The van der Waals surface area contributed by atoms with Crippen molar-refractivity contribution in [2.24, 2.45) is 0 Å². The van der Waals surface area contributed by atoms with Gasteiger partial charge in [-0.3, -0.25) is 0 Å². The summed E-state index contributed by atoms with van der Waals surface area (Å²) < 4.78 is 1.66. The van der Waals surface area contributed by atoms with Gasteiger partial charge in [0.15, 0.2) is 5.65 Å². The van der Waals surface area contributed by atoms with E-state index in [-0.39, 0.29) is 0 Å². The highest BCUT2D eigenvalue weighted by Crippen LogP contribution is 2.06. The molecule has 0 saturated carbocycles. The number of aromatic nitrogens is 4. The molecule has 0 aliphatic heterocycles. The Labute approximate surface area is 82.2 Å². The largest absolute Gasteiger partial charge is 0.366 e. The van der Waals surface area contributed by atoms with Gasteiger partial charge in [-0.1, -0.05) is 6.92 Å². The Kier molecular flexibility index (Phi) is 2.30. The van der Waals surface area contributed by atoms with Crippen molar-refractivity contribution in [3.63, 3.8) is 0 Å². The van der Waals surface area contributed by atoms with Gasteiger partial charge in [-0.2, -0.15) is 4.52 Å². The molecule has 2 rings (SSSR count). The molecule has 0 bridgehead atoms. The fourth-order valence-corrected chi connectivity index (χ4v) is 1.16. The Balaban J connectivity index is 2.25. The summed E-state index contributed by atoms with van der Waals surface area (Å²) in [7, 11) is 0. The predicted molar refractivity (Wildman–Crippen MR) is 54.2 cm³/mol. The summed E-state index contributed by atoms with van der Waals surface area (Å²) in [4.78, 5) is 0. The van der Waals surface area contributed by atoms with Crippen LogP contribution in [0.3, 0.4) is 0 Å². The van der Waals surface area contributed by atoms with E-state index in [1.807, 2.05) is 12.1 Å². The third-order valence-corrected chi connectivity index (χ3v) is 2.17. The van der Waals surface area contributed by atoms with Crippen molar-refractivity contribution in [2.45, 2.75) is 26.3 Å². The molecule has 2 heterocycles. The molecule has 0 radical (unpaired) electrons. The van der Waals surface area contributed by atoms with E-state index in [1.54, 1.807) is 10.8 Å². The van der Waals surface area contributed by atoms with Crippen LogP contribution >= 0.6 is 0 Å². The maximum Gasteiger partial charge on any atom is 0.177 e. The van der Waals surface area contributed by atoms with Crippen LogP contribution < -0.4 is 5.32 Å². The van der Waals surface area contributed by atoms with E-state index in [1.165, 1.54) is 0 Å². The van der Waals surface area contributed by atoms with E-state index in [0.29, 0.717) is 6.04 Å². The van der Waals surface area contributed by atoms with Gasteiger partial charge in [0.05, 0.1) is 0 Å². The minimum Gasteiger partial charge on any atom is -0.366 e. The first-order valence-corrected chi connectivity index (χ1v) is 4.73. The molecule has 1 atom stereocenters. The molecule has 0 aromatic carbocycles. The summed E-state index contributed by atoms with van der Waals surface area (Å²) in [6, 6.07) is 4.23. The smallest absolute Gasteiger partial charge is 0.177 e. The average molecular weight is 191 g/mol. The van der Waals surface area contributed by atoms with E-state index in [0.717, 1.165) is 17.9 Å². The maximum atomic E-state index is 4.30. The third kappa shape index (κ3) is 1.66. The van der Waals surface area contributed by atoms with Crippen LogP contribution in [0.4, 0.5) is 5.82 Å². The van der Waals surface area contributed by atoms with Gasteiger partial charge in [-0.15, -0.1) is 15.3 Å². The van der Waals surface area contributed by atoms with Crippen LogP contribution in [-0.4, -0.2) is 25.9 Å². The van der Waals surface area contributed by atoms with Crippen molar-refractivity contribution in [1.29, 1.82) is 0 Å².